The number of hydrogen-bond acceptors (Lipinski definition) is 6. The summed E-state index contributed by atoms with van der Waals surface area (Å²) in [5, 5.41) is 10.4. The minimum atomic E-state index is -0.425. The minimum absolute atomic E-state index is 0.294. The Hall–Kier alpha value is -2.68. The van der Waals surface area contributed by atoms with Crippen molar-refractivity contribution >= 4 is 52.0 Å². The molecule has 0 bridgehead atoms. The van der Waals surface area contributed by atoms with E-state index in [0.29, 0.717) is 57.1 Å². The molecule has 10 heteroatoms. The molecule has 0 unspecified atom stereocenters. The third-order valence-corrected chi connectivity index (χ3v) is 5.07. The van der Waals surface area contributed by atoms with Crippen LogP contribution in [0.1, 0.15) is 33.6 Å². The molecule has 0 spiro atoms. The van der Waals surface area contributed by atoms with Crippen LogP contribution in [-0.2, 0) is 0 Å². The average molecular weight is 476 g/mol. The van der Waals surface area contributed by atoms with Crippen LogP contribution in [0.4, 0.5) is 16.6 Å². The van der Waals surface area contributed by atoms with Crippen molar-refractivity contribution in [1.29, 1.82) is 0 Å². The van der Waals surface area contributed by atoms with Crippen LogP contribution < -0.4 is 21.7 Å². The molecule has 0 aliphatic heterocycles. The molecule has 5 N–H and O–H groups in total. The van der Waals surface area contributed by atoms with Gasteiger partial charge >= 0.3 is 6.03 Å². The second-order valence-electron chi connectivity index (χ2n) is 8.34. The standard InChI is InChI=1S/C22H27Cl2N7O/c1-22(2,3)31-21(32)30-19-14(17-15(23)7-6-8-16(17)24)11-13-12-27-20(29-18(13)28-19)26-10-5-4-9-25/h6-8,11-12H,4-5,9-10,25H2,1-3H3,(H3,26,27,28,29,30,31,32). The third-order valence-electron chi connectivity index (χ3n) is 4.44. The highest BCUT2D eigenvalue weighted by Crippen LogP contribution is 2.39. The van der Waals surface area contributed by atoms with Crippen LogP contribution in [0.5, 0.6) is 0 Å². The number of amides is 2. The van der Waals surface area contributed by atoms with E-state index in [4.69, 9.17) is 28.9 Å². The van der Waals surface area contributed by atoms with Crippen molar-refractivity contribution in [2.75, 3.05) is 23.7 Å². The zero-order valence-electron chi connectivity index (χ0n) is 18.3. The molecule has 2 aromatic heterocycles. The number of pyridine rings is 1. The number of nitrogens with two attached hydrogens (primary N) is 1. The summed E-state index contributed by atoms with van der Waals surface area (Å²) in [6.07, 6.45) is 3.50. The molecule has 8 nitrogen and oxygen atoms in total. The molecular formula is C22H27Cl2N7O. The predicted molar refractivity (Wildman–Crippen MR) is 131 cm³/mol. The molecule has 2 heterocycles. The smallest absolute Gasteiger partial charge is 0.320 e. The number of rotatable bonds is 7. The fraction of sp³-hybridized carbons (Fsp3) is 0.364. The molecule has 170 valence electrons. The Morgan fingerprint density at radius 2 is 1.84 bits per heavy atom. The van der Waals surface area contributed by atoms with Crippen molar-refractivity contribution in [3.63, 3.8) is 0 Å². The van der Waals surface area contributed by atoms with Gasteiger partial charge in [0, 0.05) is 34.8 Å². The second kappa shape index (κ2) is 10.3. The summed E-state index contributed by atoms with van der Waals surface area (Å²) in [5.41, 5.74) is 6.68. The van der Waals surface area contributed by atoms with Gasteiger partial charge in [0.25, 0.3) is 0 Å². The summed E-state index contributed by atoms with van der Waals surface area (Å²) in [6, 6.07) is 6.64. The van der Waals surface area contributed by atoms with Gasteiger partial charge in [0.15, 0.2) is 5.65 Å². The largest absolute Gasteiger partial charge is 0.354 e. The Bertz CT molecular complexity index is 1100. The molecule has 0 atom stereocenters. The van der Waals surface area contributed by atoms with Gasteiger partial charge in [-0.2, -0.15) is 4.98 Å². The maximum atomic E-state index is 12.6. The first-order valence-corrected chi connectivity index (χ1v) is 11.1. The Labute approximate surface area is 197 Å². The molecule has 0 saturated carbocycles. The van der Waals surface area contributed by atoms with E-state index >= 15 is 0 Å². The summed E-state index contributed by atoms with van der Waals surface area (Å²) < 4.78 is 0. The highest BCUT2D eigenvalue weighted by Gasteiger charge is 2.20. The van der Waals surface area contributed by atoms with Gasteiger partial charge in [-0.25, -0.2) is 14.8 Å². The van der Waals surface area contributed by atoms with Crippen LogP contribution in [0.2, 0.25) is 10.0 Å². The molecular weight excluding hydrogens is 449 g/mol. The van der Waals surface area contributed by atoms with E-state index in [0.717, 1.165) is 12.8 Å². The number of carbonyl (C=O) groups is 1. The number of aromatic nitrogens is 3. The highest BCUT2D eigenvalue weighted by molar-refractivity contribution is 6.39. The van der Waals surface area contributed by atoms with Crippen LogP contribution in [0.3, 0.4) is 0 Å². The van der Waals surface area contributed by atoms with E-state index < -0.39 is 11.6 Å². The normalized spacial score (nSPS) is 11.4. The van der Waals surface area contributed by atoms with E-state index in [9.17, 15) is 4.79 Å². The topological polar surface area (TPSA) is 118 Å². The van der Waals surface area contributed by atoms with Crippen LogP contribution in [0, 0.1) is 0 Å². The quantitative estimate of drug-likeness (QED) is 0.354. The van der Waals surface area contributed by atoms with Crippen molar-refractivity contribution < 1.29 is 4.79 Å². The summed E-state index contributed by atoms with van der Waals surface area (Å²) in [7, 11) is 0. The first kappa shape index (κ1) is 24.0. The Kier molecular flexibility index (Phi) is 7.71. The number of nitrogens with zero attached hydrogens (tertiary/aromatic N) is 3. The molecule has 1 aromatic carbocycles. The monoisotopic (exact) mass is 475 g/mol. The maximum Gasteiger partial charge on any atom is 0.320 e. The summed E-state index contributed by atoms with van der Waals surface area (Å²) in [4.78, 5) is 26.1. The lowest BCUT2D eigenvalue weighted by Crippen LogP contribution is -2.43. The van der Waals surface area contributed by atoms with Gasteiger partial charge in [0.1, 0.15) is 5.82 Å². The van der Waals surface area contributed by atoms with Gasteiger partial charge in [-0.3, -0.25) is 5.32 Å². The van der Waals surface area contributed by atoms with Gasteiger partial charge in [0.2, 0.25) is 5.95 Å². The Morgan fingerprint density at radius 1 is 1.12 bits per heavy atom. The SMILES string of the molecule is CC(C)(C)NC(=O)Nc1nc2nc(NCCCCN)ncc2cc1-c1c(Cl)cccc1Cl. The van der Waals surface area contributed by atoms with Crippen molar-refractivity contribution in [3.8, 4) is 11.1 Å². The van der Waals surface area contributed by atoms with E-state index in [2.05, 4.69) is 30.9 Å². The second-order valence-corrected chi connectivity index (χ2v) is 9.15. The molecule has 0 aliphatic carbocycles. The molecule has 3 aromatic rings. The summed E-state index contributed by atoms with van der Waals surface area (Å²) in [6.45, 7) is 7.02. The molecule has 0 saturated heterocycles. The molecule has 0 radical (unpaired) electrons. The number of urea groups is 1. The van der Waals surface area contributed by atoms with Crippen LogP contribution in [-0.4, -0.2) is 39.6 Å². The number of unbranched alkanes of at least 4 members (excludes halogenated alkanes) is 1. The molecule has 0 aliphatic rings. The minimum Gasteiger partial charge on any atom is -0.354 e. The number of fused-ring (bicyclic) bond motifs is 1. The lowest BCUT2D eigenvalue weighted by atomic mass is 10.0. The predicted octanol–water partition coefficient (Wildman–Crippen LogP) is 5.07. The summed E-state index contributed by atoms with van der Waals surface area (Å²) in [5.74, 6) is 0.748. The van der Waals surface area contributed by atoms with Gasteiger partial charge in [-0.1, -0.05) is 29.3 Å². The number of nitrogens with one attached hydrogen (secondary N) is 3. The van der Waals surface area contributed by atoms with Crippen molar-refractivity contribution in [2.24, 2.45) is 5.73 Å². The third kappa shape index (κ3) is 6.18. The molecule has 3 rings (SSSR count). The first-order valence-electron chi connectivity index (χ1n) is 10.3. The van der Waals surface area contributed by atoms with Crippen LogP contribution >= 0.6 is 23.2 Å². The van der Waals surface area contributed by atoms with Crippen molar-refractivity contribution in [3.05, 3.63) is 40.5 Å². The van der Waals surface area contributed by atoms with Gasteiger partial charge in [-0.15, -0.1) is 0 Å². The number of anilines is 2. The number of benzene rings is 1. The Morgan fingerprint density at radius 3 is 2.50 bits per heavy atom. The number of halogens is 2. The van der Waals surface area contributed by atoms with E-state index in [1.165, 1.54) is 0 Å². The highest BCUT2D eigenvalue weighted by atomic mass is 35.5. The molecule has 0 fully saturated rings. The average Bonchev–Trinajstić information content (AvgIpc) is 2.70. The van der Waals surface area contributed by atoms with Gasteiger partial charge < -0.3 is 16.4 Å². The van der Waals surface area contributed by atoms with Crippen molar-refractivity contribution in [2.45, 2.75) is 39.2 Å². The molecule has 2 amide bonds. The first-order chi connectivity index (χ1) is 15.2. The fourth-order valence-electron chi connectivity index (χ4n) is 3.04. The Balaban J connectivity index is 2.04. The van der Waals surface area contributed by atoms with E-state index in [1.807, 2.05) is 26.8 Å². The summed E-state index contributed by atoms with van der Waals surface area (Å²) >= 11 is 12.9. The van der Waals surface area contributed by atoms with Gasteiger partial charge in [-0.05, 0) is 58.4 Å². The van der Waals surface area contributed by atoms with Crippen LogP contribution in [0.25, 0.3) is 22.2 Å². The number of carbonyl (C=O) groups excluding carboxylic acids is 1. The zero-order chi connectivity index (χ0) is 23.3. The van der Waals surface area contributed by atoms with E-state index in [-0.39, 0.29) is 0 Å². The lowest BCUT2D eigenvalue weighted by molar-refractivity contribution is 0.243. The van der Waals surface area contributed by atoms with Crippen molar-refractivity contribution in [1.82, 2.24) is 20.3 Å². The van der Waals surface area contributed by atoms with Gasteiger partial charge in [0.05, 0.1) is 10.0 Å². The fourth-order valence-corrected chi connectivity index (χ4v) is 3.64. The van der Waals surface area contributed by atoms with Crippen LogP contribution in [0.15, 0.2) is 30.5 Å². The zero-order valence-corrected chi connectivity index (χ0v) is 19.8. The number of hydrogen-bond donors (Lipinski definition) is 4. The molecule has 32 heavy (non-hydrogen) atoms. The lowest BCUT2D eigenvalue weighted by Gasteiger charge is -2.21. The van der Waals surface area contributed by atoms with E-state index in [1.54, 1.807) is 24.4 Å². The maximum absolute atomic E-state index is 12.6.